The Balaban J connectivity index is 2.22. The number of halogens is 1. The third-order valence-electron chi connectivity index (χ3n) is 2.41. The molecule has 0 fully saturated rings. The molecule has 0 saturated heterocycles. The lowest BCUT2D eigenvalue weighted by Crippen LogP contribution is -2.14. The molecule has 0 aliphatic heterocycles. The minimum Gasteiger partial charge on any atom is -0.318 e. The molecule has 0 amide bonds. The zero-order valence-corrected chi connectivity index (χ0v) is 10.7. The molecule has 0 unspecified atom stereocenters. The standard InChI is InChI=1S/C12H14BrN3/c1-14-6-7-16-9-10(8-15-16)11-4-2-3-5-12(11)13/h2-5,8-9,14H,6-7H2,1H3. The van der Waals surface area contributed by atoms with E-state index in [1.54, 1.807) is 0 Å². The smallest absolute Gasteiger partial charge is 0.0568 e. The molecule has 1 aromatic heterocycles. The zero-order chi connectivity index (χ0) is 11.4. The van der Waals surface area contributed by atoms with Gasteiger partial charge < -0.3 is 5.32 Å². The van der Waals surface area contributed by atoms with Crippen LogP contribution in [0.15, 0.2) is 41.1 Å². The van der Waals surface area contributed by atoms with Gasteiger partial charge >= 0.3 is 0 Å². The average Bonchev–Trinajstić information content (AvgIpc) is 2.75. The molecule has 4 heteroatoms. The predicted octanol–water partition coefficient (Wildman–Crippen LogP) is 2.53. The summed E-state index contributed by atoms with van der Waals surface area (Å²) in [7, 11) is 1.94. The maximum atomic E-state index is 4.33. The fourth-order valence-electron chi connectivity index (χ4n) is 1.55. The molecule has 0 saturated carbocycles. The van der Waals surface area contributed by atoms with Crippen molar-refractivity contribution >= 4 is 15.9 Å². The van der Waals surface area contributed by atoms with Gasteiger partial charge in [-0.05, 0) is 18.7 Å². The van der Waals surface area contributed by atoms with Crippen LogP contribution in [0.4, 0.5) is 0 Å². The van der Waals surface area contributed by atoms with Gasteiger partial charge in [0.25, 0.3) is 0 Å². The monoisotopic (exact) mass is 279 g/mol. The highest BCUT2D eigenvalue weighted by molar-refractivity contribution is 9.10. The molecule has 1 heterocycles. The molecule has 0 radical (unpaired) electrons. The first-order valence-electron chi connectivity index (χ1n) is 5.23. The summed E-state index contributed by atoms with van der Waals surface area (Å²) < 4.78 is 3.05. The van der Waals surface area contributed by atoms with Gasteiger partial charge in [0, 0.05) is 22.8 Å². The van der Waals surface area contributed by atoms with Gasteiger partial charge in [-0.2, -0.15) is 5.10 Å². The van der Waals surface area contributed by atoms with Crippen LogP contribution in [0.2, 0.25) is 0 Å². The number of hydrogen-bond acceptors (Lipinski definition) is 2. The molecule has 1 aromatic carbocycles. The molecule has 0 bridgehead atoms. The highest BCUT2D eigenvalue weighted by Crippen LogP contribution is 2.27. The molecule has 0 atom stereocenters. The van der Waals surface area contributed by atoms with Crippen LogP contribution in [-0.2, 0) is 6.54 Å². The van der Waals surface area contributed by atoms with Gasteiger partial charge in [-0.25, -0.2) is 0 Å². The molecule has 16 heavy (non-hydrogen) atoms. The van der Waals surface area contributed by atoms with Gasteiger partial charge in [-0.3, -0.25) is 4.68 Å². The first-order valence-corrected chi connectivity index (χ1v) is 6.02. The van der Waals surface area contributed by atoms with Crippen molar-refractivity contribution in [3.05, 3.63) is 41.1 Å². The van der Waals surface area contributed by atoms with Gasteiger partial charge in [0.2, 0.25) is 0 Å². The molecule has 0 spiro atoms. The van der Waals surface area contributed by atoms with Crippen LogP contribution in [0.25, 0.3) is 11.1 Å². The largest absolute Gasteiger partial charge is 0.318 e. The number of rotatable bonds is 4. The molecule has 2 aromatic rings. The van der Waals surface area contributed by atoms with Crippen molar-refractivity contribution in [2.75, 3.05) is 13.6 Å². The lowest BCUT2D eigenvalue weighted by molar-refractivity contribution is 0.585. The Kier molecular flexibility index (Phi) is 3.74. The summed E-state index contributed by atoms with van der Waals surface area (Å²) in [4.78, 5) is 0. The fourth-order valence-corrected chi connectivity index (χ4v) is 2.06. The third kappa shape index (κ3) is 2.51. The summed E-state index contributed by atoms with van der Waals surface area (Å²) in [6, 6.07) is 8.17. The van der Waals surface area contributed by atoms with Gasteiger partial charge in [0.05, 0.1) is 12.7 Å². The van der Waals surface area contributed by atoms with E-state index in [1.165, 1.54) is 5.56 Å². The minimum absolute atomic E-state index is 0.890. The molecule has 1 N–H and O–H groups in total. The number of hydrogen-bond donors (Lipinski definition) is 1. The summed E-state index contributed by atoms with van der Waals surface area (Å²) in [5, 5.41) is 7.43. The maximum absolute atomic E-state index is 4.33. The van der Waals surface area contributed by atoms with Crippen LogP contribution in [0.1, 0.15) is 0 Å². The minimum atomic E-state index is 0.890. The Hall–Kier alpha value is -1.13. The van der Waals surface area contributed by atoms with E-state index in [1.807, 2.05) is 36.1 Å². The lowest BCUT2D eigenvalue weighted by atomic mass is 10.1. The third-order valence-corrected chi connectivity index (χ3v) is 3.10. The quantitative estimate of drug-likeness (QED) is 0.932. The van der Waals surface area contributed by atoms with E-state index in [9.17, 15) is 0 Å². The Bertz CT molecular complexity index is 465. The van der Waals surface area contributed by atoms with Crippen LogP contribution in [-0.4, -0.2) is 23.4 Å². The van der Waals surface area contributed by atoms with E-state index >= 15 is 0 Å². The Labute approximate surface area is 104 Å². The van der Waals surface area contributed by atoms with Crippen LogP contribution in [0.3, 0.4) is 0 Å². The molecule has 0 aliphatic rings. The second-order valence-corrected chi connectivity index (χ2v) is 4.43. The van der Waals surface area contributed by atoms with E-state index in [-0.39, 0.29) is 0 Å². The van der Waals surface area contributed by atoms with E-state index in [2.05, 4.69) is 38.6 Å². The van der Waals surface area contributed by atoms with Crippen molar-refractivity contribution < 1.29 is 0 Å². The highest BCUT2D eigenvalue weighted by Gasteiger charge is 2.04. The zero-order valence-electron chi connectivity index (χ0n) is 9.15. The van der Waals surface area contributed by atoms with Crippen LogP contribution >= 0.6 is 15.9 Å². The van der Waals surface area contributed by atoms with Crippen molar-refractivity contribution in [2.24, 2.45) is 0 Å². The number of likely N-dealkylation sites (N-methyl/N-ethyl adjacent to an activating group) is 1. The number of aromatic nitrogens is 2. The van der Waals surface area contributed by atoms with Crippen molar-refractivity contribution in [1.82, 2.24) is 15.1 Å². The summed E-state index contributed by atoms with van der Waals surface area (Å²) in [5.41, 5.74) is 2.32. The summed E-state index contributed by atoms with van der Waals surface area (Å²) in [5.74, 6) is 0. The van der Waals surface area contributed by atoms with Gasteiger partial charge in [0.15, 0.2) is 0 Å². The topological polar surface area (TPSA) is 29.9 Å². The number of nitrogens with one attached hydrogen (secondary N) is 1. The summed E-state index contributed by atoms with van der Waals surface area (Å²) in [6.45, 7) is 1.82. The molecular formula is C12H14BrN3. The van der Waals surface area contributed by atoms with E-state index in [4.69, 9.17) is 0 Å². The Morgan fingerprint density at radius 3 is 2.94 bits per heavy atom. The molecule has 0 aliphatic carbocycles. The van der Waals surface area contributed by atoms with Crippen LogP contribution in [0, 0.1) is 0 Å². The molecular weight excluding hydrogens is 266 g/mol. The molecule has 2 rings (SSSR count). The number of nitrogens with zero attached hydrogens (tertiary/aromatic N) is 2. The molecule has 3 nitrogen and oxygen atoms in total. The lowest BCUT2D eigenvalue weighted by Gasteiger charge is -2.01. The normalized spacial score (nSPS) is 10.6. The van der Waals surface area contributed by atoms with Crippen LogP contribution < -0.4 is 5.32 Å². The molecule has 84 valence electrons. The fraction of sp³-hybridized carbons (Fsp3) is 0.250. The highest BCUT2D eigenvalue weighted by atomic mass is 79.9. The predicted molar refractivity (Wildman–Crippen MR) is 69.3 cm³/mol. The number of benzene rings is 1. The van der Waals surface area contributed by atoms with Gasteiger partial charge in [-0.15, -0.1) is 0 Å². The van der Waals surface area contributed by atoms with Crippen molar-refractivity contribution in [3.63, 3.8) is 0 Å². The van der Waals surface area contributed by atoms with Gasteiger partial charge in [0.1, 0.15) is 0 Å². The van der Waals surface area contributed by atoms with Crippen molar-refractivity contribution in [2.45, 2.75) is 6.54 Å². The second kappa shape index (κ2) is 5.27. The average molecular weight is 280 g/mol. The van der Waals surface area contributed by atoms with Crippen molar-refractivity contribution in [1.29, 1.82) is 0 Å². The maximum Gasteiger partial charge on any atom is 0.0568 e. The van der Waals surface area contributed by atoms with Crippen LogP contribution in [0.5, 0.6) is 0 Å². The van der Waals surface area contributed by atoms with E-state index in [0.29, 0.717) is 0 Å². The second-order valence-electron chi connectivity index (χ2n) is 3.58. The Morgan fingerprint density at radius 1 is 1.38 bits per heavy atom. The van der Waals surface area contributed by atoms with E-state index < -0.39 is 0 Å². The first-order chi connectivity index (χ1) is 7.81. The summed E-state index contributed by atoms with van der Waals surface area (Å²) in [6.07, 6.45) is 3.97. The summed E-state index contributed by atoms with van der Waals surface area (Å²) >= 11 is 3.55. The van der Waals surface area contributed by atoms with E-state index in [0.717, 1.165) is 23.1 Å². The Morgan fingerprint density at radius 2 is 2.19 bits per heavy atom. The first kappa shape index (κ1) is 11.4. The SMILES string of the molecule is CNCCn1cc(-c2ccccc2Br)cn1. The van der Waals surface area contributed by atoms with Crippen molar-refractivity contribution in [3.8, 4) is 11.1 Å². The van der Waals surface area contributed by atoms with Gasteiger partial charge in [-0.1, -0.05) is 34.1 Å².